The topological polar surface area (TPSA) is 108 Å². The average molecular weight is 310 g/mol. The molecule has 0 aliphatic carbocycles. The molecule has 3 N–H and O–H groups in total. The van der Waals surface area contributed by atoms with E-state index in [1.54, 1.807) is 0 Å². The van der Waals surface area contributed by atoms with Gasteiger partial charge in [-0.2, -0.15) is 5.26 Å². The number of nitrogens with zero attached hydrogens (tertiary/aromatic N) is 2. The molecule has 8 heteroatoms. The van der Waals surface area contributed by atoms with Crippen molar-refractivity contribution in [1.29, 1.82) is 5.26 Å². The summed E-state index contributed by atoms with van der Waals surface area (Å²) in [6, 6.07) is 6.04. The van der Waals surface area contributed by atoms with Gasteiger partial charge < -0.3 is 10.5 Å². The third-order valence-corrected chi connectivity index (χ3v) is 4.76. The van der Waals surface area contributed by atoms with E-state index >= 15 is 0 Å². The van der Waals surface area contributed by atoms with Crippen LogP contribution in [0.25, 0.3) is 0 Å². The molecule has 0 saturated carbocycles. The van der Waals surface area contributed by atoms with E-state index in [-0.39, 0.29) is 17.0 Å². The van der Waals surface area contributed by atoms with E-state index in [1.807, 2.05) is 6.07 Å². The van der Waals surface area contributed by atoms with Gasteiger partial charge in [-0.3, -0.25) is 4.90 Å². The van der Waals surface area contributed by atoms with E-state index in [1.165, 1.54) is 18.2 Å². The molecule has 1 heterocycles. The van der Waals surface area contributed by atoms with Crippen LogP contribution in [0.5, 0.6) is 0 Å². The van der Waals surface area contributed by atoms with Crippen LogP contribution in [-0.2, 0) is 14.8 Å². The normalized spacial score (nSPS) is 16.5. The van der Waals surface area contributed by atoms with Gasteiger partial charge in [0.1, 0.15) is 6.07 Å². The molecule has 1 aromatic carbocycles. The molecule has 0 amide bonds. The van der Waals surface area contributed by atoms with Gasteiger partial charge in [-0.15, -0.1) is 0 Å². The van der Waals surface area contributed by atoms with Crippen molar-refractivity contribution in [2.24, 2.45) is 0 Å². The number of sulfonamides is 1. The molecule has 0 bridgehead atoms. The minimum Gasteiger partial charge on any atom is -0.399 e. The van der Waals surface area contributed by atoms with Crippen LogP contribution in [0.3, 0.4) is 0 Å². The lowest BCUT2D eigenvalue weighted by atomic mass is 10.2. The minimum atomic E-state index is -3.71. The number of morpholine rings is 1. The smallest absolute Gasteiger partial charge is 0.241 e. The highest BCUT2D eigenvalue weighted by Gasteiger charge is 2.19. The summed E-state index contributed by atoms with van der Waals surface area (Å²) >= 11 is 0. The Morgan fingerprint density at radius 2 is 2.10 bits per heavy atom. The fourth-order valence-corrected chi connectivity index (χ4v) is 3.27. The van der Waals surface area contributed by atoms with Crippen molar-refractivity contribution in [2.45, 2.75) is 4.90 Å². The summed E-state index contributed by atoms with van der Waals surface area (Å²) in [4.78, 5) is 2.08. The summed E-state index contributed by atoms with van der Waals surface area (Å²) in [5.41, 5.74) is 5.97. The SMILES string of the molecule is N#Cc1cc(N)ccc1S(=O)(=O)NCCN1CCOCC1. The second-order valence-corrected chi connectivity index (χ2v) is 6.45. The monoisotopic (exact) mass is 310 g/mol. The molecule has 0 spiro atoms. The molecule has 1 aliphatic heterocycles. The number of nitriles is 1. The summed E-state index contributed by atoms with van der Waals surface area (Å²) in [5.74, 6) is 0. The van der Waals surface area contributed by atoms with Crippen molar-refractivity contribution < 1.29 is 13.2 Å². The van der Waals surface area contributed by atoms with Crippen LogP contribution in [0.4, 0.5) is 5.69 Å². The first kappa shape index (κ1) is 15.7. The minimum absolute atomic E-state index is 0.0406. The van der Waals surface area contributed by atoms with E-state index in [2.05, 4.69) is 9.62 Å². The maximum atomic E-state index is 12.2. The third-order valence-electron chi connectivity index (χ3n) is 3.24. The number of hydrogen-bond acceptors (Lipinski definition) is 6. The predicted octanol–water partition coefficient (Wildman–Crippen LogP) is -0.249. The second kappa shape index (κ2) is 6.87. The van der Waals surface area contributed by atoms with Gasteiger partial charge in [-0.1, -0.05) is 0 Å². The van der Waals surface area contributed by atoms with Crippen molar-refractivity contribution in [1.82, 2.24) is 9.62 Å². The number of hydrogen-bond donors (Lipinski definition) is 2. The van der Waals surface area contributed by atoms with Crippen LogP contribution >= 0.6 is 0 Å². The van der Waals surface area contributed by atoms with Crippen LogP contribution in [0.1, 0.15) is 5.56 Å². The Hall–Kier alpha value is -1.66. The zero-order chi connectivity index (χ0) is 15.3. The molecule has 21 heavy (non-hydrogen) atoms. The van der Waals surface area contributed by atoms with Crippen molar-refractivity contribution >= 4 is 15.7 Å². The molecular weight excluding hydrogens is 292 g/mol. The maximum absolute atomic E-state index is 12.2. The van der Waals surface area contributed by atoms with Gasteiger partial charge >= 0.3 is 0 Å². The molecule has 114 valence electrons. The number of benzene rings is 1. The van der Waals surface area contributed by atoms with Crippen LogP contribution in [0, 0.1) is 11.3 Å². The average Bonchev–Trinajstić information content (AvgIpc) is 2.47. The lowest BCUT2D eigenvalue weighted by molar-refractivity contribution is 0.0390. The molecule has 1 aliphatic rings. The van der Waals surface area contributed by atoms with E-state index in [4.69, 9.17) is 15.7 Å². The highest BCUT2D eigenvalue weighted by Crippen LogP contribution is 2.17. The molecule has 2 rings (SSSR count). The zero-order valence-corrected chi connectivity index (χ0v) is 12.4. The Labute approximate surface area is 124 Å². The number of nitrogen functional groups attached to an aromatic ring is 1. The highest BCUT2D eigenvalue weighted by molar-refractivity contribution is 7.89. The van der Waals surface area contributed by atoms with Gasteiger partial charge in [0.15, 0.2) is 0 Å². The van der Waals surface area contributed by atoms with E-state index < -0.39 is 10.0 Å². The molecule has 1 fully saturated rings. The number of nitrogens with one attached hydrogen (secondary N) is 1. The summed E-state index contributed by atoms with van der Waals surface area (Å²) in [5, 5.41) is 9.02. The number of nitrogens with two attached hydrogens (primary N) is 1. The van der Waals surface area contributed by atoms with Crippen LogP contribution < -0.4 is 10.5 Å². The zero-order valence-electron chi connectivity index (χ0n) is 11.6. The van der Waals surface area contributed by atoms with Gasteiger partial charge in [0.25, 0.3) is 0 Å². The van der Waals surface area contributed by atoms with Crippen molar-refractivity contribution in [2.75, 3.05) is 45.1 Å². The van der Waals surface area contributed by atoms with E-state index in [0.29, 0.717) is 25.4 Å². The largest absolute Gasteiger partial charge is 0.399 e. The van der Waals surface area contributed by atoms with Crippen molar-refractivity contribution in [3.05, 3.63) is 23.8 Å². The molecule has 0 atom stereocenters. The Morgan fingerprint density at radius 1 is 1.38 bits per heavy atom. The molecule has 0 unspecified atom stereocenters. The molecule has 7 nitrogen and oxygen atoms in total. The number of rotatable bonds is 5. The first-order valence-electron chi connectivity index (χ1n) is 6.62. The van der Waals surface area contributed by atoms with E-state index in [0.717, 1.165) is 13.1 Å². The quantitative estimate of drug-likeness (QED) is 0.726. The molecule has 0 aromatic heterocycles. The van der Waals surface area contributed by atoms with Crippen LogP contribution in [0.15, 0.2) is 23.1 Å². The Morgan fingerprint density at radius 3 is 2.76 bits per heavy atom. The molecule has 1 aromatic rings. The summed E-state index contributed by atoms with van der Waals surface area (Å²) in [7, 11) is -3.71. The van der Waals surface area contributed by atoms with E-state index in [9.17, 15) is 8.42 Å². The lowest BCUT2D eigenvalue weighted by Crippen LogP contribution is -2.41. The fourth-order valence-electron chi connectivity index (χ4n) is 2.11. The standard InChI is InChI=1S/C13H18N4O3S/c14-10-11-9-12(15)1-2-13(11)21(18,19)16-3-4-17-5-7-20-8-6-17/h1-2,9,16H,3-8,15H2. The maximum Gasteiger partial charge on any atom is 0.241 e. The Kier molecular flexibility index (Phi) is 5.14. The third kappa shape index (κ3) is 4.15. The highest BCUT2D eigenvalue weighted by atomic mass is 32.2. The second-order valence-electron chi connectivity index (χ2n) is 4.72. The fraction of sp³-hybridized carbons (Fsp3) is 0.462. The van der Waals surface area contributed by atoms with Gasteiger partial charge in [0.05, 0.1) is 23.7 Å². The van der Waals surface area contributed by atoms with Gasteiger partial charge in [-0.25, -0.2) is 13.1 Å². The lowest BCUT2D eigenvalue weighted by Gasteiger charge is -2.26. The van der Waals surface area contributed by atoms with Crippen LogP contribution in [-0.4, -0.2) is 52.7 Å². The Bertz CT molecular complexity index is 633. The first-order valence-corrected chi connectivity index (χ1v) is 8.10. The summed E-state index contributed by atoms with van der Waals surface area (Å²) in [6.45, 7) is 3.84. The predicted molar refractivity (Wildman–Crippen MR) is 78.0 cm³/mol. The molecule has 0 radical (unpaired) electrons. The van der Waals surface area contributed by atoms with Gasteiger partial charge in [0, 0.05) is 31.9 Å². The van der Waals surface area contributed by atoms with Crippen LogP contribution in [0.2, 0.25) is 0 Å². The first-order chi connectivity index (χ1) is 10.0. The van der Waals surface area contributed by atoms with Gasteiger partial charge in [-0.05, 0) is 18.2 Å². The molecule has 1 saturated heterocycles. The van der Waals surface area contributed by atoms with Crippen molar-refractivity contribution in [3.8, 4) is 6.07 Å². The Balaban J connectivity index is 2.00. The molecular formula is C13H18N4O3S. The number of anilines is 1. The summed E-state index contributed by atoms with van der Waals surface area (Å²) in [6.07, 6.45) is 0. The summed E-state index contributed by atoms with van der Waals surface area (Å²) < 4.78 is 32.2. The number of ether oxygens (including phenoxy) is 1. The van der Waals surface area contributed by atoms with Gasteiger partial charge in [0.2, 0.25) is 10.0 Å². The van der Waals surface area contributed by atoms with Crippen molar-refractivity contribution in [3.63, 3.8) is 0 Å².